The molecule has 6 nitrogen and oxygen atoms in total. The van der Waals surface area contributed by atoms with Crippen LogP contribution in [0.25, 0.3) is 0 Å². The summed E-state index contributed by atoms with van der Waals surface area (Å²) in [5.74, 6) is -0.331. The third-order valence-corrected chi connectivity index (χ3v) is 0.563. The van der Waals surface area contributed by atoms with Crippen LogP contribution in [0.15, 0.2) is 12.8 Å². The van der Waals surface area contributed by atoms with Crippen molar-refractivity contribution in [3.8, 4) is 0 Å². The molecule has 0 aliphatic carbocycles. The van der Waals surface area contributed by atoms with Crippen LogP contribution in [0.1, 0.15) is 6.42 Å². The second kappa shape index (κ2) is 9.44. The van der Waals surface area contributed by atoms with Crippen molar-refractivity contribution in [1.82, 2.24) is 0 Å². The lowest BCUT2D eigenvalue weighted by Gasteiger charge is -1.92. The summed E-state index contributed by atoms with van der Waals surface area (Å²) in [5, 5.41) is 7.19. The van der Waals surface area contributed by atoms with Gasteiger partial charge in [0.25, 0.3) is 0 Å². The molecule has 0 saturated carbocycles. The first kappa shape index (κ1) is 13.1. The van der Waals surface area contributed by atoms with E-state index in [-0.39, 0.29) is 12.4 Å². The molecule has 0 heterocycles. The van der Waals surface area contributed by atoms with Gasteiger partial charge in [-0.25, -0.2) is 4.79 Å². The Kier molecular flexibility index (Phi) is 10.3. The first-order valence-electron chi connectivity index (χ1n) is 3.03. The van der Waals surface area contributed by atoms with Gasteiger partial charge in [-0.15, -0.1) is 0 Å². The lowest BCUT2D eigenvalue weighted by atomic mass is 10.4. The summed E-state index contributed by atoms with van der Waals surface area (Å²) >= 11 is 0. The van der Waals surface area contributed by atoms with Crippen LogP contribution in [0.3, 0.4) is 0 Å². The molecule has 70 valence electrons. The van der Waals surface area contributed by atoms with E-state index in [9.17, 15) is 4.79 Å². The summed E-state index contributed by atoms with van der Waals surface area (Å²) < 4.78 is 4.33. The lowest BCUT2D eigenvalue weighted by molar-refractivity contribution is -0.137. The quantitative estimate of drug-likeness (QED) is 0.401. The van der Waals surface area contributed by atoms with Crippen LogP contribution in [0.2, 0.25) is 0 Å². The van der Waals surface area contributed by atoms with E-state index < -0.39 is 6.09 Å². The Hall–Kier alpha value is -1.56. The Morgan fingerprint density at radius 1 is 1.58 bits per heavy atom. The van der Waals surface area contributed by atoms with Gasteiger partial charge in [0, 0.05) is 6.54 Å². The fraction of sp³-hybridized carbons (Fsp3) is 0.333. The summed E-state index contributed by atoms with van der Waals surface area (Å²) in [7, 11) is 0. The van der Waals surface area contributed by atoms with Crippen LogP contribution in [0, 0.1) is 0 Å². The van der Waals surface area contributed by atoms with E-state index in [2.05, 4.69) is 17.0 Å². The first-order valence-corrected chi connectivity index (χ1v) is 3.03. The van der Waals surface area contributed by atoms with Crippen LogP contribution >= 0.6 is 0 Å². The van der Waals surface area contributed by atoms with Gasteiger partial charge in [-0.2, -0.15) is 0 Å². The zero-order valence-electron chi connectivity index (χ0n) is 6.53. The van der Waals surface area contributed by atoms with Crippen molar-refractivity contribution in [3.63, 3.8) is 0 Å². The minimum atomic E-state index is -1.33. The predicted octanol–water partition coefficient (Wildman–Crippen LogP) is -0.355. The molecule has 0 saturated heterocycles. The minimum absolute atomic E-state index is 0.256. The van der Waals surface area contributed by atoms with Crippen LogP contribution in [-0.4, -0.2) is 23.7 Å². The van der Waals surface area contributed by atoms with Crippen molar-refractivity contribution in [2.75, 3.05) is 6.54 Å². The zero-order chi connectivity index (χ0) is 9.98. The predicted molar refractivity (Wildman–Crippen MR) is 42.2 cm³/mol. The average molecular weight is 176 g/mol. The van der Waals surface area contributed by atoms with Crippen molar-refractivity contribution in [2.45, 2.75) is 6.42 Å². The average Bonchev–Trinajstić information content (AvgIpc) is 1.87. The number of carbonyl (C=O) groups excluding carboxylic acids is 1. The highest BCUT2D eigenvalue weighted by Gasteiger charge is 1.94. The number of primary amides is 1. The number of carbonyl (C=O) groups is 2. The van der Waals surface area contributed by atoms with E-state index in [1.165, 1.54) is 0 Å². The first-order chi connectivity index (χ1) is 5.54. The minimum Gasteiger partial charge on any atom is -0.465 e. The Morgan fingerprint density at radius 3 is 2.25 bits per heavy atom. The van der Waals surface area contributed by atoms with E-state index in [1.807, 2.05) is 0 Å². The third-order valence-electron chi connectivity index (χ3n) is 0.563. The maximum absolute atomic E-state index is 10.3. The summed E-state index contributed by atoms with van der Waals surface area (Å²) in [6.45, 7) is 3.53. The molecular formula is C6H12N2O4. The largest absolute Gasteiger partial charge is 0.465 e. The lowest BCUT2D eigenvalue weighted by Crippen LogP contribution is -2.08. The van der Waals surface area contributed by atoms with Gasteiger partial charge >= 0.3 is 12.1 Å². The second-order valence-corrected chi connectivity index (χ2v) is 1.53. The summed E-state index contributed by atoms with van der Waals surface area (Å²) in [6.07, 6.45) is 0.0179. The molecule has 0 atom stereocenters. The van der Waals surface area contributed by atoms with E-state index in [0.717, 1.165) is 6.26 Å². The smallest absolute Gasteiger partial charge is 0.402 e. The van der Waals surface area contributed by atoms with Crippen molar-refractivity contribution >= 4 is 12.1 Å². The van der Waals surface area contributed by atoms with Crippen LogP contribution in [0.5, 0.6) is 0 Å². The van der Waals surface area contributed by atoms with Crippen molar-refractivity contribution < 1.29 is 19.4 Å². The van der Waals surface area contributed by atoms with E-state index in [1.54, 1.807) is 0 Å². The molecule has 0 aliphatic heterocycles. The molecule has 0 bridgehead atoms. The number of ether oxygens (including phenoxy) is 1. The molecule has 0 rings (SSSR count). The highest BCUT2D eigenvalue weighted by atomic mass is 16.5. The number of esters is 1. The molecular weight excluding hydrogens is 164 g/mol. The molecule has 0 spiro atoms. The Bertz CT molecular complexity index is 154. The van der Waals surface area contributed by atoms with Gasteiger partial charge in [0.2, 0.25) is 0 Å². The second-order valence-electron chi connectivity index (χ2n) is 1.53. The molecule has 1 amide bonds. The number of carboxylic acid groups (broad SMARTS) is 1. The SMILES string of the molecule is C=COC(=O)CCN.NC(=O)O. The van der Waals surface area contributed by atoms with Gasteiger partial charge in [-0.1, -0.05) is 6.58 Å². The molecule has 0 aromatic rings. The van der Waals surface area contributed by atoms with Gasteiger partial charge in [0.1, 0.15) is 0 Å². The summed E-state index contributed by atoms with van der Waals surface area (Å²) in [6, 6.07) is 0. The van der Waals surface area contributed by atoms with Crippen LogP contribution in [0.4, 0.5) is 4.79 Å². The maximum atomic E-state index is 10.3. The van der Waals surface area contributed by atoms with Gasteiger partial charge in [-0.3, -0.25) is 4.79 Å². The van der Waals surface area contributed by atoms with Gasteiger partial charge in [-0.05, 0) is 0 Å². The highest BCUT2D eigenvalue weighted by molar-refractivity contribution is 5.70. The normalized spacial score (nSPS) is 7.42. The molecule has 12 heavy (non-hydrogen) atoms. The van der Waals surface area contributed by atoms with Crippen molar-refractivity contribution in [2.24, 2.45) is 11.5 Å². The molecule has 0 aliphatic rings. The number of rotatable bonds is 3. The topological polar surface area (TPSA) is 116 Å². The zero-order valence-corrected chi connectivity index (χ0v) is 6.53. The maximum Gasteiger partial charge on any atom is 0.402 e. The van der Waals surface area contributed by atoms with Gasteiger partial charge < -0.3 is 21.3 Å². The van der Waals surface area contributed by atoms with Gasteiger partial charge in [0.05, 0.1) is 12.7 Å². The number of nitrogens with two attached hydrogens (primary N) is 2. The molecule has 6 heteroatoms. The van der Waals surface area contributed by atoms with Crippen LogP contribution in [-0.2, 0) is 9.53 Å². The Labute approximate surface area is 69.8 Å². The van der Waals surface area contributed by atoms with Crippen molar-refractivity contribution in [1.29, 1.82) is 0 Å². The fourth-order valence-corrected chi connectivity index (χ4v) is 0.270. The molecule has 5 N–H and O–H groups in total. The molecule has 0 radical (unpaired) electrons. The molecule has 0 fully saturated rings. The monoisotopic (exact) mass is 176 g/mol. The van der Waals surface area contributed by atoms with Crippen LogP contribution < -0.4 is 11.5 Å². The number of hydrogen-bond acceptors (Lipinski definition) is 4. The van der Waals surface area contributed by atoms with Crippen molar-refractivity contribution in [3.05, 3.63) is 12.8 Å². The molecule has 0 aromatic heterocycles. The van der Waals surface area contributed by atoms with E-state index >= 15 is 0 Å². The third kappa shape index (κ3) is 23.7. The van der Waals surface area contributed by atoms with E-state index in [0.29, 0.717) is 6.54 Å². The summed E-state index contributed by atoms with van der Waals surface area (Å²) in [5.41, 5.74) is 9.05. The van der Waals surface area contributed by atoms with E-state index in [4.69, 9.17) is 15.6 Å². The Morgan fingerprint density at radius 2 is 2.00 bits per heavy atom. The van der Waals surface area contributed by atoms with Gasteiger partial charge in [0.15, 0.2) is 0 Å². The highest BCUT2D eigenvalue weighted by Crippen LogP contribution is 1.81. The molecule has 0 unspecified atom stereocenters. The summed E-state index contributed by atoms with van der Waals surface area (Å²) in [4.78, 5) is 19.0. The Balaban J connectivity index is 0. The number of hydrogen-bond donors (Lipinski definition) is 3. The molecule has 0 aromatic carbocycles. The standard InChI is InChI=1S/C5H9NO2.CH3NO2/c1-2-8-5(7)3-4-6;2-1(3)4/h2H,1,3-4,6H2;2H2,(H,3,4). The fourth-order valence-electron chi connectivity index (χ4n) is 0.270. The number of amides is 1.